The quantitative estimate of drug-likeness (QED) is 0.698. The zero-order valence-electron chi connectivity index (χ0n) is 8.96. The zero-order chi connectivity index (χ0) is 11.7. The molecule has 0 spiro atoms. The highest BCUT2D eigenvalue weighted by atomic mass is 16.5. The molecule has 0 bridgehead atoms. The molecule has 0 aliphatic carbocycles. The summed E-state index contributed by atoms with van der Waals surface area (Å²) in [6.07, 6.45) is 5.25. The molecule has 2 aromatic rings. The van der Waals surface area contributed by atoms with Gasteiger partial charge in [-0.2, -0.15) is 0 Å². The second-order valence-electron chi connectivity index (χ2n) is 3.72. The maximum atomic E-state index is 11.6. The Kier molecular flexibility index (Phi) is 2.22. The smallest absolute Gasteiger partial charge is 0.344 e. The average molecular weight is 223 g/mol. The van der Waals surface area contributed by atoms with Gasteiger partial charge >= 0.3 is 5.97 Å². The molecule has 0 unspecified atom stereocenters. The molecule has 1 aliphatic rings. The fraction of sp³-hybridized carbons (Fsp3) is 0. The molecular formula is C14H9NO2. The lowest BCUT2D eigenvalue weighted by atomic mass is 10.1. The lowest BCUT2D eigenvalue weighted by Gasteiger charge is -1.98. The number of fused-ring (bicyclic) bond motifs is 1. The average Bonchev–Trinajstić information content (AvgIpc) is 2.69. The standard InChI is InChI=1S/C14H9NO2/c16-14-12-4-2-1-3-11(12)13(17-14)9-10-5-7-15-8-6-10/h1-9H. The molecular weight excluding hydrogens is 214 g/mol. The van der Waals surface area contributed by atoms with Crippen molar-refractivity contribution in [1.29, 1.82) is 0 Å². The monoisotopic (exact) mass is 223 g/mol. The molecule has 82 valence electrons. The van der Waals surface area contributed by atoms with Crippen LogP contribution in [0.3, 0.4) is 0 Å². The molecule has 3 heteroatoms. The maximum absolute atomic E-state index is 11.6. The van der Waals surface area contributed by atoms with E-state index in [-0.39, 0.29) is 5.97 Å². The largest absolute Gasteiger partial charge is 0.422 e. The van der Waals surface area contributed by atoms with Crippen molar-refractivity contribution in [3.05, 3.63) is 65.5 Å². The van der Waals surface area contributed by atoms with E-state index >= 15 is 0 Å². The van der Waals surface area contributed by atoms with Crippen molar-refractivity contribution in [1.82, 2.24) is 4.98 Å². The van der Waals surface area contributed by atoms with E-state index in [0.717, 1.165) is 11.1 Å². The lowest BCUT2D eigenvalue weighted by Crippen LogP contribution is -1.92. The predicted molar refractivity (Wildman–Crippen MR) is 64.0 cm³/mol. The van der Waals surface area contributed by atoms with Gasteiger partial charge in [0.05, 0.1) is 5.56 Å². The summed E-state index contributed by atoms with van der Waals surface area (Å²) in [6, 6.07) is 11.1. The number of hydrogen-bond donors (Lipinski definition) is 0. The molecule has 3 nitrogen and oxygen atoms in total. The van der Waals surface area contributed by atoms with Gasteiger partial charge < -0.3 is 4.74 Å². The van der Waals surface area contributed by atoms with E-state index in [0.29, 0.717) is 11.3 Å². The van der Waals surface area contributed by atoms with E-state index in [2.05, 4.69) is 4.98 Å². The van der Waals surface area contributed by atoms with E-state index in [1.54, 1.807) is 18.5 Å². The predicted octanol–water partition coefficient (Wildman–Crippen LogP) is 2.75. The molecule has 0 saturated heterocycles. The van der Waals surface area contributed by atoms with Crippen LogP contribution in [0.15, 0.2) is 48.8 Å². The van der Waals surface area contributed by atoms with Gasteiger partial charge in [0.15, 0.2) is 0 Å². The van der Waals surface area contributed by atoms with Crippen LogP contribution in [-0.4, -0.2) is 11.0 Å². The Morgan fingerprint density at radius 1 is 1.00 bits per heavy atom. The van der Waals surface area contributed by atoms with Crippen molar-refractivity contribution in [2.75, 3.05) is 0 Å². The highest BCUT2D eigenvalue weighted by Gasteiger charge is 2.25. The highest BCUT2D eigenvalue weighted by Crippen LogP contribution is 2.30. The van der Waals surface area contributed by atoms with Crippen molar-refractivity contribution < 1.29 is 9.53 Å². The van der Waals surface area contributed by atoms with E-state index in [1.807, 2.05) is 36.4 Å². The van der Waals surface area contributed by atoms with Crippen LogP contribution in [0.4, 0.5) is 0 Å². The molecule has 2 heterocycles. The Bertz CT molecular complexity index is 603. The van der Waals surface area contributed by atoms with E-state index in [9.17, 15) is 4.79 Å². The number of hydrogen-bond acceptors (Lipinski definition) is 3. The number of pyridine rings is 1. The molecule has 0 atom stereocenters. The topological polar surface area (TPSA) is 39.2 Å². The lowest BCUT2D eigenvalue weighted by molar-refractivity contribution is 0.0717. The van der Waals surface area contributed by atoms with Gasteiger partial charge in [-0.25, -0.2) is 4.79 Å². The van der Waals surface area contributed by atoms with Gasteiger partial charge in [-0.05, 0) is 29.8 Å². The van der Waals surface area contributed by atoms with Crippen LogP contribution in [0.1, 0.15) is 21.5 Å². The van der Waals surface area contributed by atoms with Gasteiger partial charge in [0.2, 0.25) is 0 Å². The van der Waals surface area contributed by atoms with Crippen LogP contribution < -0.4 is 0 Å². The Labute approximate surface area is 98.4 Å². The van der Waals surface area contributed by atoms with Gasteiger partial charge in [-0.3, -0.25) is 4.98 Å². The van der Waals surface area contributed by atoms with Crippen LogP contribution in [0.5, 0.6) is 0 Å². The summed E-state index contributed by atoms with van der Waals surface area (Å²) >= 11 is 0. The number of nitrogens with zero attached hydrogens (tertiary/aromatic N) is 1. The number of carbonyl (C=O) groups excluding carboxylic acids is 1. The Balaban J connectivity index is 2.08. The first-order valence-corrected chi connectivity index (χ1v) is 5.28. The van der Waals surface area contributed by atoms with Crippen molar-refractivity contribution in [3.8, 4) is 0 Å². The second kappa shape index (κ2) is 3.87. The first kappa shape index (κ1) is 9.78. The SMILES string of the molecule is O=C1OC(=Cc2ccncc2)c2ccccc21. The van der Waals surface area contributed by atoms with Gasteiger partial charge in [-0.15, -0.1) is 0 Å². The van der Waals surface area contributed by atoms with Crippen molar-refractivity contribution in [2.45, 2.75) is 0 Å². The summed E-state index contributed by atoms with van der Waals surface area (Å²) in [6.45, 7) is 0. The minimum Gasteiger partial charge on any atom is -0.422 e. The Hall–Kier alpha value is -2.42. The van der Waals surface area contributed by atoms with Crippen molar-refractivity contribution >= 4 is 17.8 Å². The van der Waals surface area contributed by atoms with Crippen LogP contribution in [-0.2, 0) is 4.74 Å². The summed E-state index contributed by atoms with van der Waals surface area (Å²) in [7, 11) is 0. The number of ether oxygens (including phenoxy) is 1. The number of benzene rings is 1. The number of esters is 1. The summed E-state index contributed by atoms with van der Waals surface area (Å²) in [5.41, 5.74) is 2.42. The third-order valence-corrected chi connectivity index (χ3v) is 2.62. The summed E-state index contributed by atoms with van der Waals surface area (Å²) in [5, 5.41) is 0. The number of aromatic nitrogens is 1. The molecule has 1 aromatic heterocycles. The van der Waals surface area contributed by atoms with Gasteiger partial charge in [0.1, 0.15) is 5.76 Å². The van der Waals surface area contributed by atoms with E-state index in [1.165, 1.54) is 0 Å². The molecule has 0 N–H and O–H groups in total. The first-order chi connectivity index (χ1) is 8.34. The van der Waals surface area contributed by atoms with Crippen molar-refractivity contribution in [3.63, 3.8) is 0 Å². The summed E-state index contributed by atoms with van der Waals surface area (Å²) in [5.74, 6) is 0.303. The molecule has 17 heavy (non-hydrogen) atoms. The number of cyclic esters (lactones) is 1. The fourth-order valence-electron chi connectivity index (χ4n) is 1.80. The zero-order valence-corrected chi connectivity index (χ0v) is 8.96. The molecule has 0 saturated carbocycles. The normalized spacial score (nSPS) is 15.8. The minimum absolute atomic E-state index is 0.291. The molecule has 0 amide bonds. The first-order valence-electron chi connectivity index (χ1n) is 5.28. The molecule has 0 fully saturated rings. The van der Waals surface area contributed by atoms with Crippen molar-refractivity contribution in [2.24, 2.45) is 0 Å². The van der Waals surface area contributed by atoms with Gasteiger partial charge in [0, 0.05) is 18.0 Å². The summed E-state index contributed by atoms with van der Waals surface area (Å²) < 4.78 is 5.24. The summed E-state index contributed by atoms with van der Waals surface area (Å²) in [4.78, 5) is 15.5. The van der Waals surface area contributed by atoms with Crippen LogP contribution in [0, 0.1) is 0 Å². The maximum Gasteiger partial charge on any atom is 0.344 e. The highest BCUT2D eigenvalue weighted by molar-refractivity contribution is 6.05. The molecule has 1 aliphatic heterocycles. The fourth-order valence-corrected chi connectivity index (χ4v) is 1.80. The number of carbonyl (C=O) groups is 1. The third-order valence-electron chi connectivity index (χ3n) is 2.62. The van der Waals surface area contributed by atoms with Crippen LogP contribution in [0.25, 0.3) is 11.8 Å². The minimum atomic E-state index is -0.291. The Morgan fingerprint density at radius 2 is 1.71 bits per heavy atom. The van der Waals surface area contributed by atoms with Crippen LogP contribution in [0.2, 0.25) is 0 Å². The third kappa shape index (κ3) is 1.72. The molecule has 1 aromatic carbocycles. The number of rotatable bonds is 1. The van der Waals surface area contributed by atoms with Gasteiger partial charge in [0.25, 0.3) is 0 Å². The Morgan fingerprint density at radius 3 is 2.47 bits per heavy atom. The van der Waals surface area contributed by atoms with Crippen LogP contribution >= 0.6 is 0 Å². The molecule has 3 rings (SSSR count). The van der Waals surface area contributed by atoms with E-state index in [4.69, 9.17) is 4.74 Å². The molecule has 0 radical (unpaired) electrons. The van der Waals surface area contributed by atoms with E-state index < -0.39 is 0 Å². The second-order valence-corrected chi connectivity index (χ2v) is 3.72. The van der Waals surface area contributed by atoms with Gasteiger partial charge in [-0.1, -0.05) is 18.2 Å².